The second-order valence-corrected chi connectivity index (χ2v) is 6.14. The number of aromatic nitrogens is 3. The molecular weight excluding hydrogens is 370 g/mol. The zero-order chi connectivity index (χ0) is 20.6. The van der Waals surface area contributed by atoms with Gasteiger partial charge in [-0.15, -0.1) is 0 Å². The van der Waals surface area contributed by atoms with Crippen LogP contribution in [-0.4, -0.2) is 33.4 Å². The average molecular weight is 391 g/mol. The van der Waals surface area contributed by atoms with Gasteiger partial charge in [-0.1, -0.05) is 6.07 Å². The maximum atomic E-state index is 12.6. The second-order valence-electron chi connectivity index (χ2n) is 6.14. The van der Waals surface area contributed by atoms with Gasteiger partial charge in [-0.05, 0) is 56.3 Å². The van der Waals surface area contributed by atoms with Crippen molar-refractivity contribution in [1.29, 1.82) is 0 Å². The lowest BCUT2D eigenvalue weighted by Gasteiger charge is -2.09. The summed E-state index contributed by atoms with van der Waals surface area (Å²) in [6, 6.07) is 13.7. The molecule has 3 rings (SSSR count). The van der Waals surface area contributed by atoms with Crippen LogP contribution in [0.5, 0.6) is 0 Å². The molecule has 8 heteroatoms. The van der Waals surface area contributed by atoms with E-state index in [-0.39, 0.29) is 11.6 Å². The van der Waals surface area contributed by atoms with E-state index in [2.05, 4.69) is 25.6 Å². The lowest BCUT2D eigenvalue weighted by atomic mass is 10.2. The molecule has 0 aliphatic carbocycles. The first-order valence-corrected chi connectivity index (χ1v) is 9.13. The fourth-order valence-corrected chi connectivity index (χ4v) is 2.54. The summed E-state index contributed by atoms with van der Waals surface area (Å²) in [5.74, 6) is -0.431. The number of nitrogens with one attached hydrogen (secondary N) is 2. The molecule has 2 heterocycles. The van der Waals surface area contributed by atoms with E-state index in [1.54, 1.807) is 50.4 Å². The Labute approximate surface area is 168 Å². The van der Waals surface area contributed by atoms with Crippen molar-refractivity contribution < 1.29 is 14.3 Å². The van der Waals surface area contributed by atoms with Gasteiger partial charge in [-0.2, -0.15) is 0 Å². The van der Waals surface area contributed by atoms with E-state index in [9.17, 15) is 9.59 Å². The number of ether oxygens (including phenoxy) is 1. The molecule has 0 aliphatic heterocycles. The second kappa shape index (κ2) is 9.41. The molecular formula is C21H21N5O3. The Kier molecular flexibility index (Phi) is 6.47. The SMILES string of the molecule is CCOC(=O)c1ccc(NC(=O)c2cc(C)nc(NCc3ccccn3)n2)cc1. The predicted molar refractivity (Wildman–Crippen MR) is 109 cm³/mol. The van der Waals surface area contributed by atoms with E-state index in [0.29, 0.717) is 36.0 Å². The van der Waals surface area contributed by atoms with Crippen LogP contribution in [0, 0.1) is 6.92 Å². The number of carbonyl (C=O) groups is 2. The normalized spacial score (nSPS) is 10.3. The first-order chi connectivity index (χ1) is 14.0. The van der Waals surface area contributed by atoms with E-state index in [1.807, 2.05) is 18.2 Å². The number of esters is 1. The van der Waals surface area contributed by atoms with Gasteiger partial charge in [0.15, 0.2) is 0 Å². The van der Waals surface area contributed by atoms with Crippen LogP contribution in [0.1, 0.15) is 39.2 Å². The van der Waals surface area contributed by atoms with Crippen molar-refractivity contribution in [2.24, 2.45) is 0 Å². The molecule has 0 spiro atoms. The number of anilines is 2. The zero-order valence-corrected chi connectivity index (χ0v) is 16.2. The minimum absolute atomic E-state index is 0.232. The standard InChI is InChI=1S/C21H21N5O3/c1-3-29-20(28)15-7-9-16(10-8-15)25-19(27)18-12-14(2)24-21(26-18)23-13-17-6-4-5-11-22-17/h4-12H,3,13H2,1-2H3,(H,25,27)(H,23,24,26). The Balaban J connectivity index is 1.67. The third kappa shape index (κ3) is 5.58. The lowest BCUT2D eigenvalue weighted by molar-refractivity contribution is 0.0526. The molecule has 3 aromatic rings. The Bertz CT molecular complexity index is 991. The number of pyridine rings is 1. The summed E-state index contributed by atoms with van der Waals surface area (Å²) in [5, 5.41) is 5.84. The first-order valence-electron chi connectivity index (χ1n) is 9.13. The molecule has 0 saturated carbocycles. The minimum atomic E-state index is -0.402. The molecule has 148 valence electrons. The van der Waals surface area contributed by atoms with Crippen molar-refractivity contribution in [3.8, 4) is 0 Å². The fourth-order valence-electron chi connectivity index (χ4n) is 2.54. The van der Waals surface area contributed by atoms with Crippen LogP contribution in [0.2, 0.25) is 0 Å². The molecule has 8 nitrogen and oxygen atoms in total. The predicted octanol–water partition coefficient (Wildman–Crippen LogP) is 3.22. The minimum Gasteiger partial charge on any atom is -0.462 e. The number of aryl methyl sites for hydroxylation is 1. The Morgan fingerprint density at radius 2 is 1.86 bits per heavy atom. The number of benzene rings is 1. The largest absolute Gasteiger partial charge is 0.462 e. The van der Waals surface area contributed by atoms with Gasteiger partial charge in [0.25, 0.3) is 5.91 Å². The summed E-state index contributed by atoms with van der Waals surface area (Å²) in [4.78, 5) is 37.1. The molecule has 1 amide bonds. The number of carbonyl (C=O) groups excluding carboxylic acids is 2. The van der Waals surface area contributed by atoms with Crippen LogP contribution in [0.15, 0.2) is 54.7 Å². The van der Waals surface area contributed by atoms with Crippen molar-refractivity contribution >= 4 is 23.5 Å². The number of rotatable bonds is 7. The van der Waals surface area contributed by atoms with Crippen molar-refractivity contribution in [2.45, 2.75) is 20.4 Å². The number of nitrogens with zero attached hydrogens (tertiary/aromatic N) is 3. The topological polar surface area (TPSA) is 106 Å². The highest BCUT2D eigenvalue weighted by molar-refractivity contribution is 6.03. The molecule has 0 atom stereocenters. The fraction of sp³-hybridized carbons (Fsp3) is 0.190. The maximum Gasteiger partial charge on any atom is 0.338 e. The molecule has 2 N–H and O–H groups in total. The van der Waals surface area contributed by atoms with Crippen molar-refractivity contribution in [1.82, 2.24) is 15.0 Å². The van der Waals surface area contributed by atoms with Crippen LogP contribution in [0.25, 0.3) is 0 Å². The summed E-state index contributed by atoms with van der Waals surface area (Å²) >= 11 is 0. The Hall–Kier alpha value is -3.81. The van der Waals surface area contributed by atoms with Gasteiger partial charge in [-0.3, -0.25) is 9.78 Å². The van der Waals surface area contributed by atoms with Gasteiger partial charge in [0.2, 0.25) is 5.95 Å². The molecule has 0 aliphatic rings. The molecule has 0 bridgehead atoms. The third-order valence-electron chi connectivity index (χ3n) is 3.89. The van der Waals surface area contributed by atoms with Crippen LogP contribution in [0.4, 0.5) is 11.6 Å². The van der Waals surface area contributed by atoms with E-state index >= 15 is 0 Å². The third-order valence-corrected chi connectivity index (χ3v) is 3.89. The van der Waals surface area contributed by atoms with Gasteiger partial charge in [-0.25, -0.2) is 14.8 Å². The Morgan fingerprint density at radius 1 is 1.07 bits per heavy atom. The van der Waals surface area contributed by atoms with E-state index < -0.39 is 5.97 Å². The van der Waals surface area contributed by atoms with Crippen molar-refractivity contribution in [3.63, 3.8) is 0 Å². The highest BCUT2D eigenvalue weighted by atomic mass is 16.5. The molecule has 29 heavy (non-hydrogen) atoms. The van der Waals surface area contributed by atoms with E-state index in [1.165, 1.54) is 0 Å². The van der Waals surface area contributed by atoms with E-state index in [0.717, 1.165) is 5.69 Å². The van der Waals surface area contributed by atoms with Gasteiger partial charge < -0.3 is 15.4 Å². The molecule has 1 aromatic carbocycles. The monoisotopic (exact) mass is 391 g/mol. The first kappa shape index (κ1) is 19.9. The number of hydrogen-bond donors (Lipinski definition) is 2. The van der Waals surface area contributed by atoms with Gasteiger partial charge in [0.05, 0.1) is 24.4 Å². The lowest BCUT2D eigenvalue weighted by Crippen LogP contribution is -2.16. The molecule has 0 saturated heterocycles. The number of amides is 1. The Morgan fingerprint density at radius 3 is 2.55 bits per heavy atom. The summed E-state index contributed by atoms with van der Waals surface area (Å²) in [6.07, 6.45) is 1.71. The van der Waals surface area contributed by atoms with Gasteiger partial charge in [0.1, 0.15) is 5.69 Å². The van der Waals surface area contributed by atoms with E-state index in [4.69, 9.17) is 4.74 Å². The van der Waals surface area contributed by atoms with Crippen LogP contribution in [-0.2, 0) is 11.3 Å². The summed E-state index contributed by atoms with van der Waals surface area (Å²) in [7, 11) is 0. The summed E-state index contributed by atoms with van der Waals surface area (Å²) in [5.41, 5.74) is 2.69. The highest BCUT2D eigenvalue weighted by Gasteiger charge is 2.12. The quantitative estimate of drug-likeness (QED) is 0.596. The molecule has 0 unspecified atom stereocenters. The molecule has 2 aromatic heterocycles. The maximum absolute atomic E-state index is 12.6. The summed E-state index contributed by atoms with van der Waals surface area (Å²) in [6.45, 7) is 4.29. The molecule has 0 fully saturated rings. The van der Waals surface area contributed by atoms with Crippen molar-refractivity contribution in [2.75, 3.05) is 17.2 Å². The van der Waals surface area contributed by atoms with Crippen LogP contribution < -0.4 is 10.6 Å². The molecule has 0 radical (unpaired) electrons. The van der Waals surface area contributed by atoms with Gasteiger partial charge in [0, 0.05) is 17.6 Å². The summed E-state index contributed by atoms with van der Waals surface area (Å²) < 4.78 is 4.94. The van der Waals surface area contributed by atoms with Crippen LogP contribution in [0.3, 0.4) is 0 Å². The zero-order valence-electron chi connectivity index (χ0n) is 16.2. The van der Waals surface area contributed by atoms with Crippen molar-refractivity contribution in [3.05, 3.63) is 77.4 Å². The average Bonchev–Trinajstić information content (AvgIpc) is 2.73. The van der Waals surface area contributed by atoms with Gasteiger partial charge >= 0.3 is 5.97 Å². The smallest absolute Gasteiger partial charge is 0.338 e. The number of hydrogen-bond acceptors (Lipinski definition) is 7. The van der Waals surface area contributed by atoms with Crippen LogP contribution >= 0.6 is 0 Å². The highest BCUT2D eigenvalue weighted by Crippen LogP contribution is 2.13.